The van der Waals surface area contributed by atoms with Crippen LogP contribution in [0.4, 0.5) is 0 Å². The monoisotopic (exact) mass is 171 g/mol. The molecule has 1 unspecified atom stereocenters. The molecule has 12 heavy (non-hydrogen) atoms. The zero-order valence-electron chi connectivity index (χ0n) is 8.81. The molecule has 0 aliphatic heterocycles. The summed E-state index contributed by atoms with van der Waals surface area (Å²) in [6, 6.07) is 0.119. The number of allylic oxidation sites excluding steroid dienone is 1. The maximum Gasteiger partial charge on any atom is 0.0741 e. The molecule has 0 heterocycles. The van der Waals surface area contributed by atoms with E-state index in [1.807, 2.05) is 20.8 Å². The number of nitrogens with one attached hydrogen (secondary N) is 1. The standard InChI is InChI=1S/C10H21NO/c1-8(2)6-7-11-9(3)10(4,5)12/h6,9,11-12H,7H2,1-5H3. The van der Waals surface area contributed by atoms with Gasteiger partial charge < -0.3 is 10.4 Å². The molecular formula is C10H21NO. The van der Waals surface area contributed by atoms with Gasteiger partial charge in [0.2, 0.25) is 0 Å². The van der Waals surface area contributed by atoms with Gasteiger partial charge in [0, 0.05) is 12.6 Å². The zero-order chi connectivity index (χ0) is 9.78. The highest BCUT2D eigenvalue weighted by Crippen LogP contribution is 2.06. The van der Waals surface area contributed by atoms with Crippen LogP contribution in [-0.4, -0.2) is 23.3 Å². The fourth-order valence-corrected chi connectivity index (χ4v) is 0.690. The van der Waals surface area contributed by atoms with E-state index in [0.717, 1.165) is 6.54 Å². The van der Waals surface area contributed by atoms with Crippen molar-refractivity contribution >= 4 is 0 Å². The molecule has 0 spiro atoms. The molecule has 0 rings (SSSR count). The first-order chi connectivity index (χ1) is 5.34. The van der Waals surface area contributed by atoms with Crippen molar-refractivity contribution in [3.05, 3.63) is 11.6 Å². The smallest absolute Gasteiger partial charge is 0.0741 e. The van der Waals surface area contributed by atoms with E-state index in [-0.39, 0.29) is 6.04 Å². The predicted molar refractivity (Wildman–Crippen MR) is 53.2 cm³/mol. The first kappa shape index (κ1) is 11.7. The lowest BCUT2D eigenvalue weighted by Gasteiger charge is -2.26. The Kier molecular flexibility index (Phi) is 4.50. The molecule has 0 aromatic heterocycles. The van der Waals surface area contributed by atoms with E-state index in [4.69, 9.17) is 0 Å². The summed E-state index contributed by atoms with van der Waals surface area (Å²) in [5, 5.41) is 12.8. The molecule has 2 heteroatoms. The minimum atomic E-state index is -0.643. The Morgan fingerprint density at radius 1 is 1.50 bits per heavy atom. The molecule has 0 aliphatic rings. The Hall–Kier alpha value is -0.340. The quantitative estimate of drug-likeness (QED) is 0.631. The summed E-state index contributed by atoms with van der Waals surface area (Å²) in [6.45, 7) is 10.6. The largest absolute Gasteiger partial charge is 0.389 e. The Morgan fingerprint density at radius 2 is 2.00 bits per heavy atom. The predicted octanol–water partition coefficient (Wildman–Crippen LogP) is 1.70. The van der Waals surface area contributed by atoms with Gasteiger partial charge >= 0.3 is 0 Å². The first-order valence-electron chi connectivity index (χ1n) is 4.43. The minimum Gasteiger partial charge on any atom is -0.389 e. The fraction of sp³-hybridized carbons (Fsp3) is 0.800. The molecule has 0 saturated carbocycles. The molecule has 0 aromatic rings. The molecule has 2 N–H and O–H groups in total. The Labute approximate surface area is 75.7 Å². The summed E-state index contributed by atoms with van der Waals surface area (Å²) in [6.07, 6.45) is 2.11. The second kappa shape index (κ2) is 4.63. The lowest BCUT2D eigenvalue weighted by atomic mass is 10.0. The van der Waals surface area contributed by atoms with Crippen molar-refractivity contribution in [1.29, 1.82) is 0 Å². The number of rotatable bonds is 4. The van der Waals surface area contributed by atoms with Crippen molar-refractivity contribution in [2.24, 2.45) is 0 Å². The Bertz CT molecular complexity index is 152. The van der Waals surface area contributed by atoms with Gasteiger partial charge in [0.1, 0.15) is 0 Å². The van der Waals surface area contributed by atoms with Crippen LogP contribution in [0.5, 0.6) is 0 Å². The van der Waals surface area contributed by atoms with Crippen LogP contribution >= 0.6 is 0 Å². The molecule has 0 aliphatic carbocycles. The van der Waals surface area contributed by atoms with Gasteiger partial charge in [0.05, 0.1) is 5.60 Å². The van der Waals surface area contributed by atoms with E-state index in [1.54, 1.807) is 0 Å². The van der Waals surface area contributed by atoms with Gasteiger partial charge in [0.15, 0.2) is 0 Å². The van der Waals surface area contributed by atoms with Gasteiger partial charge in [-0.25, -0.2) is 0 Å². The third-order valence-corrected chi connectivity index (χ3v) is 1.99. The van der Waals surface area contributed by atoms with Crippen molar-refractivity contribution < 1.29 is 5.11 Å². The summed E-state index contributed by atoms with van der Waals surface area (Å²) >= 11 is 0. The van der Waals surface area contributed by atoms with E-state index < -0.39 is 5.60 Å². The summed E-state index contributed by atoms with van der Waals surface area (Å²) < 4.78 is 0. The van der Waals surface area contributed by atoms with Crippen LogP contribution in [0.2, 0.25) is 0 Å². The van der Waals surface area contributed by atoms with Gasteiger partial charge in [-0.3, -0.25) is 0 Å². The molecule has 2 nitrogen and oxygen atoms in total. The van der Waals surface area contributed by atoms with Crippen LogP contribution in [0.15, 0.2) is 11.6 Å². The van der Waals surface area contributed by atoms with E-state index >= 15 is 0 Å². The third-order valence-electron chi connectivity index (χ3n) is 1.99. The SMILES string of the molecule is CC(C)=CCNC(C)C(C)(C)O. The summed E-state index contributed by atoms with van der Waals surface area (Å²) in [5.41, 5.74) is 0.653. The van der Waals surface area contributed by atoms with Crippen LogP contribution < -0.4 is 5.32 Å². The highest BCUT2D eigenvalue weighted by Gasteiger charge is 2.20. The lowest BCUT2D eigenvalue weighted by molar-refractivity contribution is 0.0457. The third kappa shape index (κ3) is 5.33. The van der Waals surface area contributed by atoms with Gasteiger partial charge in [0.25, 0.3) is 0 Å². The average Bonchev–Trinajstić information content (AvgIpc) is 1.84. The molecule has 0 bridgehead atoms. The molecule has 1 atom stereocenters. The van der Waals surface area contributed by atoms with Crippen molar-refractivity contribution in [3.63, 3.8) is 0 Å². The second-order valence-electron chi connectivity index (χ2n) is 4.07. The van der Waals surface area contributed by atoms with Crippen LogP contribution in [-0.2, 0) is 0 Å². The number of hydrogen-bond donors (Lipinski definition) is 2. The zero-order valence-corrected chi connectivity index (χ0v) is 8.81. The van der Waals surface area contributed by atoms with Crippen LogP contribution in [0.25, 0.3) is 0 Å². The van der Waals surface area contributed by atoms with Crippen LogP contribution in [0, 0.1) is 0 Å². The molecule has 0 amide bonds. The first-order valence-corrected chi connectivity index (χ1v) is 4.43. The molecule has 0 fully saturated rings. The van der Waals surface area contributed by atoms with E-state index in [0.29, 0.717) is 0 Å². The Morgan fingerprint density at radius 3 is 2.33 bits per heavy atom. The molecule has 72 valence electrons. The van der Waals surface area contributed by atoms with Crippen molar-refractivity contribution in [2.75, 3.05) is 6.54 Å². The van der Waals surface area contributed by atoms with Gasteiger partial charge in [-0.2, -0.15) is 0 Å². The minimum absolute atomic E-state index is 0.119. The second-order valence-corrected chi connectivity index (χ2v) is 4.07. The fourth-order valence-electron chi connectivity index (χ4n) is 0.690. The number of hydrogen-bond acceptors (Lipinski definition) is 2. The molecular weight excluding hydrogens is 150 g/mol. The van der Waals surface area contributed by atoms with Gasteiger partial charge in [-0.05, 0) is 34.6 Å². The van der Waals surface area contributed by atoms with Crippen LogP contribution in [0.3, 0.4) is 0 Å². The van der Waals surface area contributed by atoms with E-state index in [9.17, 15) is 5.11 Å². The molecule has 0 radical (unpaired) electrons. The number of aliphatic hydroxyl groups is 1. The van der Waals surface area contributed by atoms with Gasteiger partial charge in [-0.15, -0.1) is 0 Å². The normalized spacial score (nSPS) is 14.2. The van der Waals surface area contributed by atoms with Gasteiger partial charge in [-0.1, -0.05) is 11.6 Å². The lowest BCUT2D eigenvalue weighted by Crippen LogP contribution is -2.44. The average molecular weight is 171 g/mol. The maximum atomic E-state index is 9.57. The van der Waals surface area contributed by atoms with E-state index in [1.165, 1.54) is 5.57 Å². The topological polar surface area (TPSA) is 32.3 Å². The maximum absolute atomic E-state index is 9.57. The van der Waals surface area contributed by atoms with Crippen molar-refractivity contribution in [2.45, 2.75) is 46.3 Å². The van der Waals surface area contributed by atoms with Crippen molar-refractivity contribution in [3.8, 4) is 0 Å². The Balaban J connectivity index is 3.73. The molecule has 0 saturated heterocycles. The molecule has 0 aromatic carbocycles. The highest BCUT2D eigenvalue weighted by atomic mass is 16.3. The summed E-state index contributed by atoms with van der Waals surface area (Å²) in [5.74, 6) is 0. The van der Waals surface area contributed by atoms with Crippen molar-refractivity contribution in [1.82, 2.24) is 5.32 Å². The summed E-state index contributed by atoms with van der Waals surface area (Å²) in [4.78, 5) is 0. The van der Waals surface area contributed by atoms with Crippen LogP contribution in [0.1, 0.15) is 34.6 Å². The highest BCUT2D eigenvalue weighted by molar-refractivity contribution is 4.95. The van der Waals surface area contributed by atoms with E-state index in [2.05, 4.69) is 25.2 Å². The summed E-state index contributed by atoms with van der Waals surface area (Å²) in [7, 11) is 0.